The van der Waals surface area contributed by atoms with Crippen molar-refractivity contribution in [1.82, 2.24) is 5.32 Å². The van der Waals surface area contributed by atoms with Crippen LogP contribution >= 0.6 is 0 Å². The molecule has 1 aliphatic rings. The lowest BCUT2D eigenvalue weighted by Crippen LogP contribution is -2.39. The third kappa shape index (κ3) is 4.94. The molecular weight excluding hydrogens is 327 g/mol. The third-order valence-corrected chi connectivity index (χ3v) is 5.56. The molecule has 0 spiro atoms. The lowest BCUT2D eigenvalue weighted by Gasteiger charge is -2.33. The van der Waals surface area contributed by atoms with Crippen molar-refractivity contribution in [3.05, 3.63) is 29.8 Å². The molecule has 1 saturated carbocycles. The van der Waals surface area contributed by atoms with Gasteiger partial charge in [0.05, 0.1) is 10.8 Å². The lowest BCUT2D eigenvalue weighted by molar-refractivity contribution is -0.183. The van der Waals surface area contributed by atoms with E-state index in [4.69, 9.17) is 0 Å². The van der Waals surface area contributed by atoms with Crippen molar-refractivity contribution >= 4 is 9.84 Å². The summed E-state index contributed by atoms with van der Waals surface area (Å²) < 4.78 is 61.4. The van der Waals surface area contributed by atoms with Crippen molar-refractivity contribution in [2.45, 2.75) is 55.8 Å². The maximum atomic E-state index is 12.8. The molecule has 0 heterocycles. The number of alkyl halides is 3. The molecule has 1 aliphatic carbocycles. The second-order valence-electron chi connectivity index (χ2n) is 6.33. The van der Waals surface area contributed by atoms with Crippen LogP contribution in [0.2, 0.25) is 0 Å². The highest BCUT2D eigenvalue weighted by Gasteiger charge is 2.42. The van der Waals surface area contributed by atoms with Crippen LogP contribution in [0.15, 0.2) is 29.2 Å². The fourth-order valence-electron chi connectivity index (χ4n) is 3.09. The minimum Gasteiger partial charge on any atom is -0.307 e. The van der Waals surface area contributed by atoms with Gasteiger partial charge >= 0.3 is 6.18 Å². The molecule has 0 saturated heterocycles. The van der Waals surface area contributed by atoms with Gasteiger partial charge in [0, 0.05) is 18.3 Å². The number of nitrogens with one attached hydrogen (secondary N) is 1. The van der Waals surface area contributed by atoms with E-state index in [0.717, 1.165) is 18.2 Å². The molecule has 1 aromatic rings. The van der Waals surface area contributed by atoms with Crippen LogP contribution in [-0.4, -0.2) is 26.9 Å². The van der Waals surface area contributed by atoms with Gasteiger partial charge in [0.1, 0.15) is 0 Å². The molecule has 0 bridgehead atoms. The fourth-order valence-corrected chi connectivity index (χ4v) is 3.72. The Balaban J connectivity index is 2.00. The van der Waals surface area contributed by atoms with Crippen molar-refractivity contribution in [2.24, 2.45) is 5.92 Å². The maximum Gasteiger partial charge on any atom is 0.391 e. The van der Waals surface area contributed by atoms with Crippen molar-refractivity contribution in [1.29, 1.82) is 0 Å². The average Bonchev–Trinajstić information content (AvgIpc) is 2.46. The molecule has 1 fully saturated rings. The minimum absolute atomic E-state index is 0.106. The fraction of sp³-hybridized carbons (Fsp3) is 0.625. The molecule has 0 amide bonds. The number of sulfone groups is 1. The van der Waals surface area contributed by atoms with E-state index in [-0.39, 0.29) is 29.8 Å². The zero-order chi connectivity index (χ0) is 17.3. The summed E-state index contributed by atoms with van der Waals surface area (Å²) >= 11 is 0. The molecule has 1 aromatic carbocycles. The Morgan fingerprint density at radius 3 is 2.30 bits per heavy atom. The molecular formula is C16H22F3NO2S. The van der Waals surface area contributed by atoms with Gasteiger partial charge in [-0.05, 0) is 43.9 Å². The standard InChI is InChI=1S/C16H22F3NO2S/c1-11(12-6-8-15(9-7-12)23(2,21)22)20-14-5-3-4-13(10-14)16(17,18)19/h6-9,11,13-14,20H,3-5,10H2,1-2H3. The highest BCUT2D eigenvalue weighted by Crippen LogP contribution is 2.38. The molecule has 0 radical (unpaired) electrons. The molecule has 0 aromatic heterocycles. The average molecular weight is 349 g/mol. The number of hydrogen-bond acceptors (Lipinski definition) is 3. The van der Waals surface area contributed by atoms with Crippen LogP contribution in [0.5, 0.6) is 0 Å². The Kier molecular flexibility index (Phi) is 5.41. The van der Waals surface area contributed by atoms with Crippen molar-refractivity contribution in [3.8, 4) is 0 Å². The van der Waals surface area contributed by atoms with Crippen LogP contribution in [0.25, 0.3) is 0 Å². The Labute approximate surface area is 135 Å². The van der Waals surface area contributed by atoms with Crippen LogP contribution in [0.4, 0.5) is 13.2 Å². The van der Waals surface area contributed by atoms with Crippen LogP contribution in [0, 0.1) is 5.92 Å². The van der Waals surface area contributed by atoms with Crippen molar-refractivity contribution < 1.29 is 21.6 Å². The van der Waals surface area contributed by atoms with E-state index in [1.54, 1.807) is 12.1 Å². The van der Waals surface area contributed by atoms with E-state index in [0.29, 0.717) is 6.42 Å². The summed E-state index contributed by atoms with van der Waals surface area (Å²) in [5.74, 6) is -1.23. The molecule has 1 N–H and O–H groups in total. The number of benzene rings is 1. The predicted octanol–water partition coefficient (Wildman–Crippen LogP) is 3.86. The van der Waals surface area contributed by atoms with Crippen LogP contribution in [0.1, 0.15) is 44.2 Å². The summed E-state index contributed by atoms with van der Waals surface area (Å²) in [5, 5.41) is 3.25. The second kappa shape index (κ2) is 6.81. The van der Waals surface area contributed by atoms with E-state index in [1.807, 2.05) is 6.92 Å². The summed E-state index contributed by atoms with van der Waals surface area (Å²) in [6.07, 6.45) is -1.36. The van der Waals surface area contributed by atoms with Gasteiger partial charge in [-0.2, -0.15) is 13.2 Å². The smallest absolute Gasteiger partial charge is 0.307 e. The summed E-state index contributed by atoms with van der Waals surface area (Å²) in [4.78, 5) is 0.239. The molecule has 3 nitrogen and oxygen atoms in total. The highest BCUT2D eigenvalue weighted by molar-refractivity contribution is 7.90. The summed E-state index contributed by atoms with van der Waals surface area (Å²) in [7, 11) is -3.24. The molecule has 23 heavy (non-hydrogen) atoms. The zero-order valence-corrected chi connectivity index (χ0v) is 14.0. The number of hydrogen-bond donors (Lipinski definition) is 1. The normalized spacial score (nSPS) is 24.4. The summed E-state index contributed by atoms with van der Waals surface area (Å²) in [6, 6.07) is 6.18. The van der Waals surface area contributed by atoms with Gasteiger partial charge in [-0.25, -0.2) is 8.42 Å². The van der Waals surface area contributed by atoms with Crippen LogP contribution in [0.3, 0.4) is 0 Å². The molecule has 3 atom stereocenters. The van der Waals surface area contributed by atoms with Gasteiger partial charge < -0.3 is 5.32 Å². The van der Waals surface area contributed by atoms with Gasteiger partial charge in [-0.15, -0.1) is 0 Å². The molecule has 130 valence electrons. The number of halogens is 3. The Bertz CT molecular complexity index is 626. The molecule has 2 rings (SSSR count). The SMILES string of the molecule is CC(NC1CCCC(C(F)(F)F)C1)c1ccc(S(C)(=O)=O)cc1. The van der Waals surface area contributed by atoms with Gasteiger partial charge in [-0.1, -0.05) is 18.6 Å². The first kappa shape index (κ1) is 18.3. The molecule has 0 aliphatic heterocycles. The first-order valence-corrected chi connectivity index (χ1v) is 9.59. The summed E-state index contributed by atoms with van der Waals surface area (Å²) in [6.45, 7) is 1.88. The van der Waals surface area contributed by atoms with Gasteiger partial charge in [-0.3, -0.25) is 0 Å². The lowest BCUT2D eigenvalue weighted by atomic mass is 9.85. The molecule has 3 unspecified atom stereocenters. The Morgan fingerprint density at radius 1 is 1.17 bits per heavy atom. The van der Waals surface area contributed by atoms with Gasteiger partial charge in [0.25, 0.3) is 0 Å². The zero-order valence-electron chi connectivity index (χ0n) is 13.2. The number of rotatable bonds is 4. The van der Waals surface area contributed by atoms with Crippen molar-refractivity contribution in [3.63, 3.8) is 0 Å². The Morgan fingerprint density at radius 2 is 1.78 bits per heavy atom. The van der Waals surface area contributed by atoms with Crippen molar-refractivity contribution in [2.75, 3.05) is 6.26 Å². The van der Waals surface area contributed by atoms with E-state index in [9.17, 15) is 21.6 Å². The maximum absolute atomic E-state index is 12.8. The Hall–Kier alpha value is -1.08. The van der Waals surface area contributed by atoms with Crippen LogP contribution in [-0.2, 0) is 9.84 Å². The minimum atomic E-state index is -4.12. The quantitative estimate of drug-likeness (QED) is 0.898. The second-order valence-corrected chi connectivity index (χ2v) is 8.35. The first-order chi connectivity index (χ1) is 10.6. The van der Waals surface area contributed by atoms with E-state index >= 15 is 0 Å². The van der Waals surface area contributed by atoms with E-state index < -0.39 is 21.9 Å². The first-order valence-electron chi connectivity index (χ1n) is 7.70. The third-order valence-electron chi connectivity index (χ3n) is 4.43. The largest absolute Gasteiger partial charge is 0.391 e. The molecule has 7 heteroatoms. The summed E-state index contributed by atoms with van der Waals surface area (Å²) in [5.41, 5.74) is 0.867. The van der Waals surface area contributed by atoms with Gasteiger partial charge in [0.15, 0.2) is 9.84 Å². The van der Waals surface area contributed by atoms with E-state index in [2.05, 4.69) is 5.32 Å². The predicted molar refractivity (Wildman–Crippen MR) is 82.9 cm³/mol. The van der Waals surface area contributed by atoms with E-state index in [1.165, 1.54) is 12.1 Å². The topological polar surface area (TPSA) is 46.2 Å². The monoisotopic (exact) mass is 349 g/mol. The van der Waals surface area contributed by atoms with Crippen LogP contribution < -0.4 is 5.32 Å². The highest BCUT2D eigenvalue weighted by atomic mass is 32.2. The van der Waals surface area contributed by atoms with Gasteiger partial charge in [0.2, 0.25) is 0 Å².